The molecule has 1 saturated heterocycles. The van der Waals surface area contributed by atoms with E-state index in [1.54, 1.807) is 0 Å². The van der Waals surface area contributed by atoms with E-state index in [1.165, 1.54) is 0 Å². The fourth-order valence-electron chi connectivity index (χ4n) is 1.71. The van der Waals surface area contributed by atoms with Crippen molar-refractivity contribution in [2.45, 2.75) is 0 Å². The number of benzene rings is 1. The summed E-state index contributed by atoms with van der Waals surface area (Å²) in [7, 11) is 2.15. The van der Waals surface area contributed by atoms with Crippen LogP contribution in [-0.2, 0) is 0 Å². The van der Waals surface area contributed by atoms with Gasteiger partial charge in [-0.25, -0.2) is 0 Å². The number of nitrogen functional groups attached to an aromatic ring is 1. The van der Waals surface area contributed by atoms with E-state index in [0.717, 1.165) is 37.6 Å². The largest absolute Gasteiger partial charge is 0.478 e. The maximum absolute atomic E-state index is 5.69. The number of anilines is 1. The van der Waals surface area contributed by atoms with Gasteiger partial charge in [0, 0.05) is 31.9 Å². The predicted molar refractivity (Wildman–Crippen MR) is 65.4 cm³/mol. The molecule has 0 saturated carbocycles. The summed E-state index contributed by atoms with van der Waals surface area (Å²) in [4.78, 5) is 4.65. The zero-order valence-electron chi connectivity index (χ0n) is 9.72. The first-order chi connectivity index (χ1) is 7.74. The average molecular weight is 221 g/mol. The van der Waals surface area contributed by atoms with E-state index in [9.17, 15) is 0 Å². The van der Waals surface area contributed by atoms with Gasteiger partial charge in [-0.1, -0.05) is 0 Å². The molecule has 0 amide bonds. The van der Waals surface area contributed by atoms with Crippen LogP contribution in [0.2, 0.25) is 0 Å². The number of piperazine rings is 1. The maximum atomic E-state index is 5.69. The molecular formula is C12H19N3O. The van der Waals surface area contributed by atoms with Crippen LogP contribution in [0.1, 0.15) is 0 Å². The molecule has 0 aliphatic carbocycles. The Bertz CT molecular complexity index is 318. The van der Waals surface area contributed by atoms with E-state index in [4.69, 9.17) is 10.5 Å². The molecule has 1 aliphatic heterocycles. The minimum Gasteiger partial charge on any atom is -0.478 e. The van der Waals surface area contributed by atoms with Gasteiger partial charge in [-0.05, 0) is 31.3 Å². The molecule has 88 valence electrons. The number of ether oxygens (including phenoxy) is 1. The van der Waals surface area contributed by atoms with Crippen molar-refractivity contribution in [2.75, 3.05) is 45.7 Å². The summed E-state index contributed by atoms with van der Waals surface area (Å²) < 4.78 is 5.69. The van der Waals surface area contributed by atoms with Crippen LogP contribution >= 0.6 is 0 Å². The number of hydrogen-bond donors (Lipinski definition) is 1. The Morgan fingerprint density at radius 2 is 1.75 bits per heavy atom. The van der Waals surface area contributed by atoms with Crippen LogP contribution in [0.4, 0.5) is 5.69 Å². The third-order valence-corrected chi connectivity index (χ3v) is 2.89. The number of rotatable bonds is 3. The lowest BCUT2D eigenvalue weighted by Gasteiger charge is -2.31. The van der Waals surface area contributed by atoms with Crippen molar-refractivity contribution < 1.29 is 4.74 Å². The van der Waals surface area contributed by atoms with E-state index in [2.05, 4.69) is 16.8 Å². The summed E-state index contributed by atoms with van der Waals surface area (Å²) in [6, 6.07) is 7.54. The number of nitrogens with two attached hydrogens (primary N) is 1. The van der Waals surface area contributed by atoms with Crippen LogP contribution in [0.25, 0.3) is 0 Å². The minimum atomic E-state index is 0.664. The Hall–Kier alpha value is -1.26. The molecule has 1 heterocycles. The van der Waals surface area contributed by atoms with Crippen molar-refractivity contribution >= 4 is 5.69 Å². The van der Waals surface area contributed by atoms with Crippen molar-refractivity contribution in [1.29, 1.82) is 0 Å². The average Bonchev–Trinajstić information content (AvgIpc) is 2.30. The Morgan fingerprint density at radius 3 is 2.38 bits per heavy atom. The molecule has 16 heavy (non-hydrogen) atoms. The highest BCUT2D eigenvalue weighted by Crippen LogP contribution is 2.13. The van der Waals surface area contributed by atoms with Crippen molar-refractivity contribution in [3.05, 3.63) is 24.3 Å². The zero-order chi connectivity index (χ0) is 11.4. The summed E-state index contributed by atoms with van der Waals surface area (Å²) in [6.45, 7) is 5.05. The van der Waals surface area contributed by atoms with Crippen molar-refractivity contribution in [1.82, 2.24) is 9.80 Å². The van der Waals surface area contributed by atoms with Crippen molar-refractivity contribution in [3.63, 3.8) is 0 Å². The number of hydrogen-bond acceptors (Lipinski definition) is 4. The Labute approximate surface area is 96.6 Å². The highest BCUT2D eigenvalue weighted by molar-refractivity contribution is 5.41. The standard InChI is InChI=1S/C12H19N3O/c1-14-6-8-15(9-7-14)10-16-12-4-2-11(13)3-5-12/h2-5H,6-10,13H2,1H3. The van der Waals surface area contributed by atoms with Gasteiger partial charge in [-0.3, -0.25) is 4.90 Å². The van der Waals surface area contributed by atoms with Crippen molar-refractivity contribution in [3.8, 4) is 5.75 Å². The first kappa shape index (κ1) is 11.2. The van der Waals surface area contributed by atoms with Crippen LogP contribution in [0.3, 0.4) is 0 Å². The molecule has 0 radical (unpaired) electrons. The van der Waals surface area contributed by atoms with E-state index < -0.39 is 0 Å². The van der Waals surface area contributed by atoms with Gasteiger partial charge in [-0.15, -0.1) is 0 Å². The van der Waals surface area contributed by atoms with Gasteiger partial charge in [-0.2, -0.15) is 0 Å². The molecule has 0 atom stereocenters. The predicted octanol–water partition coefficient (Wildman–Crippen LogP) is 0.852. The first-order valence-corrected chi connectivity index (χ1v) is 5.63. The molecule has 0 aromatic heterocycles. The summed E-state index contributed by atoms with van der Waals surface area (Å²) in [5, 5.41) is 0. The molecule has 0 unspecified atom stereocenters. The first-order valence-electron chi connectivity index (χ1n) is 5.63. The molecule has 4 heteroatoms. The molecular weight excluding hydrogens is 202 g/mol. The summed E-state index contributed by atoms with van der Waals surface area (Å²) >= 11 is 0. The fraction of sp³-hybridized carbons (Fsp3) is 0.500. The molecule has 1 aromatic carbocycles. The van der Waals surface area contributed by atoms with Crippen LogP contribution in [-0.4, -0.2) is 49.8 Å². The number of nitrogens with zero attached hydrogens (tertiary/aromatic N) is 2. The van der Waals surface area contributed by atoms with E-state index >= 15 is 0 Å². The molecule has 0 spiro atoms. The van der Waals surface area contributed by atoms with Crippen molar-refractivity contribution in [2.24, 2.45) is 0 Å². The van der Waals surface area contributed by atoms with Crippen LogP contribution in [0.5, 0.6) is 5.75 Å². The molecule has 0 bridgehead atoms. The number of likely N-dealkylation sites (N-methyl/N-ethyl adjacent to an activating group) is 1. The quantitative estimate of drug-likeness (QED) is 0.768. The second-order valence-electron chi connectivity index (χ2n) is 4.26. The van der Waals surface area contributed by atoms with Crippen LogP contribution in [0, 0.1) is 0 Å². The van der Waals surface area contributed by atoms with Crippen LogP contribution < -0.4 is 10.5 Å². The van der Waals surface area contributed by atoms with Gasteiger partial charge in [0.25, 0.3) is 0 Å². The lowest BCUT2D eigenvalue weighted by molar-refractivity contribution is 0.0763. The third kappa shape index (κ3) is 3.12. The highest BCUT2D eigenvalue weighted by Gasteiger charge is 2.13. The molecule has 4 nitrogen and oxygen atoms in total. The van der Waals surface area contributed by atoms with Gasteiger partial charge < -0.3 is 15.4 Å². The third-order valence-electron chi connectivity index (χ3n) is 2.89. The Kier molecular flexibility index (Phi) is 3.64. The summed E-state index contributed by atoms with van der Waals surface area (Å²) in [6.07, 6.45) is 0. The smallest absolute Gasteiger partial charge is 0.142 e. The molecule has 2 rings (SSSR count). The van der Waals surface area contributed by atoms with Gasteiger partial charge >= 0.3 is 0 Å². The lowest BCUT2D eigenvalue weighted by Crippen LogP contribution is -2.45. The van der Waals surface area contributed by atoms with E-state index in [1.807, 2.05) is 24.3 Å². The SMILES string of the molecule is CN1CCN(COc2ccc(N)cc2)CC1. The molecule has 1 aliphatic rings. The van der Waals surface area contributed by atoms with Gasteiger partial charge in [0.1, 0.15) is 12.5 Å². The van der Waals surface area contributed by atoms with Gasteiger partial charge in [0.2, 0.25) is 0 Å². The van der Waals surface area contributed by atoms with Gasteiger partial charge in [0.15, 0.2) is 0 Å². The van der Waals surface area contributed by atoms with E-state index in [-0.39, 0.29) is 0 Å². The summed E-state index contributed by atoms with van der Waals surface area (Å²) in [5.41, 5.74) is 6.38. The second-order valence-corrected chi connectivity index (χ2v) is 4.26. The maximum Gasteiger partial charge on any atom is 0.142 e. The second kappa shape index (κ2) is 5.18. The normalized spacial score (nSPS) is 18.6. The topological polar surface area (TPSA) is 41.7 Å². The fourth-order valence-corrected chi connectivity index (χ4v) is 1.71. The molecule has 1 fully saturated rings. The lowest BCUT2D eigenvalue weighted by atomic mass is 10.3. The molecule has 2 N–H and O–H groups in total. The molecule has 1 aromatic rings. The zero-order valence-corrected chi connectivity index (χ0v) is 9.72. The highest BCUT2D eigenvalue weighted by atomic mass is 16.5. The van der Waals surface area contributed by atoms with Crippen LogP contribution in [0.15, 0.2) is 24.3 Å². The minimum absolute atomic E-state index is 0.664. The summed E-state index contributed by atoms with van der Waals surface area (Å²) in [5.74, 6) is 0.883. The Balaban J connectivity index is 1.77. The Morgan fingerprint density at radius 1 is 1.12 bits per heavy atom. The monoisotopic (exact) mass is 221 g/mol. The van der Waals surface area contributed by atoms with E-state index in [0.29, 0.717) is 6.73 Å². The van der Waals surface area contributed by atoms with Gasteiger partial charge in [0.05, 0.1) is 0 Å².